The number of hydrogen-bond donors (Lipinski definition) is 1. The SMILES string of the molecule is Cc1cc(CN(C(=O)C(C)C)c2cc(C(N)=O)ccn2)ccc1OCC(F)(F)F. The third-order valence-electron chi connectivity index (χ3n) is 4.04. The van der Waals surface area contributed by atoms with E-state index in [2.05, 4.69) is 4.98 Å². The van der Waals surface area contributed by atoms with Crippen LogP contribution in [0.5, 0.6) is 5.75 Å². The van der Waals surface area contributed by atoms with Crippen LogP contribution in [-0.4, -0.2) is 29.6 Å². The number of nitrogens with zero attached hydrogens (tertiary/aromatic N) is 2. The topological polar surface area (TPSA) is 85.5 Å². The summed E-state index contributed by atoms with van der Waals surface area (Å²) in [6.07, 6.45) is -3.04. The van der Waals surface area contributed by atoms with Crippen LogP contribution in [-0.2, 0) is 11.3 Å². The molecule has 2 aromatic rings. The molecule has 0 radical (unpaired) electrons. The zero-order chi connectivity index (χ0) is 21.8. The molecule has 1 aromatic heterocycles. The van der Waals surface area contributed by atoms with Crippen LogP contribution in [0.3, 0.4) is 0 Å². The summed E-state index contributed by atoms with van der Waals surface area (Å²) in [5.41, 5.74) is 6.69. The van der Waals surface area contributed by atoms with Crippen LogP contribution in [0.25, 0.3) is 0 Å². The van der Waals surface area contributed by atoms with Crippen molar-refractivity contribution in [3.63, 3.8) is 0 Å². The fraction of sp³-hybridized carbons (Fsp3) is 0.350. The molecule has 0 aliphatic rings. The van der Waals surface area contributed by atoms with Gasteiger partial charge < -0.3 is 10.5 Å². The van der Waals surface area contributed by atoms with Gasteiger partial charge in [-0.15, -0.1) is 0 Å². The number of aromatic nitrogens is 1. The van der Waals surface area contributed by atoms with E-state index in [0.29, 0.717) is 11.1 Å². The number of carbonyl (C=O) groups is 2. The summed E-state index contributed by atoms with van der Waals surface area (Å²) in [4.78, 5) is 29.7. The number of alkyl halides is 3. The molecule has 0 fully saturated rings. The maximum atomic E-state index is 12.7. The molecule has 1 heterocycles. The van der Waals surface area contributed by atoms with Crippen molar-refractivity contribution in [2.24, 2.45) is 11.7 Å². The average molecular weight is 409 g/mol. The molecule has 2 rings (SSSR count). The largest absolute Gasteiger partial charge is 0.484 e. The van der Waals surface area contributed by atoms with E-state index in [1.54, 1.807) is 32.9 Å². The summed E-state index contributed by atoms with van der Waals surface area (Å²) in [6.45, 7) is 3.82. The first-order chi connectivity index (χ1) is 13.5. The van der Waals surface area contributed by atoms with Gasteiger partial charge in [0.2, 0.25) is 11.8 Å². The molecule has 6 nitrogen and oxygen atoms in total. The second-order valence-electron chi connectivity index (χ2n) is 6.85. The van der Waals surface area contributed by atoms with E-state index in [1.807, 2.05) is 0 Å². The minimum absolute atomic E-state index is 0.113. The number of pyridine rings is 1. The number of ether oxygens (including phenoxy) is 1. The zero-order valence-corrected chi connectivity index (χ0v) is 16.3. The predicted molar refractivity (Wildman–Crippen MR) is 102 cm³/mol. The van der Waals surface area contributed by atoms with Gasteiger partial charge in [0, 0.05) is 17.7 Å². The Morgan fingerprint density at radius 1 is 1.21 bits per heavy atom. The van der Waals surface area contributed by atoms with Gasteiger partial charge in [-0.25, -0.2) is 4.98 Å². The van der Waals surface area contributed by atoms with Crippen molar-refractivity contribution in [3.8, 4) is 5.75 Å². The summed E-state index contributed by atoms with van der Waals surface area (Å²) < 4.78 is 41.9. The van der Waals surface area contributed by atoms with Crippen LogP contribution < -0.4 is 15.4 Å². The van der Waals surface area contributed by atoms with Crippen LogP contribution in [0.15, 0.2) is 36.5 Å². The van der Waals surface area contributed by atoms with Crippen molar-refractivity contribution in [3.05, 3.63) is 53.2 Å². The molecule has 0 saturated heterocycles. The Labute approximate surface area is 166 Å². The Morgan fingerprint density at radius 2 is 1.90 bits per heavy atom. The number of carbonyl (C=O) groups excluding carboxylic acids is 2. The molecule has 2 amide bonds. The lowest BCUT2D eigenvalue weighted by Gasteiger charge is -2.24. The van der Waals surface area contributed by atoms with Gasteiger partial charge in [0.1, 0.15) is 11.6 Å². The Balaban J connectivity index is 2.30. The first kappa shape index (κ1) is 22.2. The number of amides is 2. The van der Waals surface area contributed by atoms with Crippen molar-refractivity contribution >= 4 is 17.6 Å². The third-order valence-corrected chi connectivity index (χ3v) is 4.04. The predicted octanol–water partition coefficient (Wildman–Crippen LogP) is 3.62. The summed E-state index contributed by atoms with van der Waals surface area (Å²) in [7, 11) is 0. The molecular formula is C20H22F3N3O3. The van der Waals surface area contributed by atoms with Gasteiger partial charge in [0.05, 0.1) is 6.54 Å². The van der Waals surface area contributed by atoms with Crippen LogP contribution in [0, 0.1) is 12.8 Å². The second kappa shape index (κ2) is 8.93. The van der Waals surface area contributed by atoms with Gasteiger partial charge in [-0.3, -0.25) is 14.5 Å². The van der Waals surface area contributed by atoms with Gasteiger partial charge >= 0.3 is 6.18 Å². The molecule has 0 aliphatic carbocycles. The molecular weight excluding hydrogens is 387 g/mol. The van der Waals surface area contributed by atoms with Gasteiger partial charge in [-0.05, 0) is 36.2 Å². The third kappa shape index (κ3) is 6.20. The van der Waals surface area contributed by atoms with E-state index in [-0.39, 0.29) is 35.5 Å². The average Bonchev–Trinajstić information content (AvgIpc) is 2.64. The van der Waals surface area contributed by atoms with Crippen LogP contribution in [0.1, 0.15) is 35.3 Å². The van der Waals surface area contributed by atoms with Gasteiger partial charge in [0.15, 0.2) is 6.61 Å². The van der Waals surface area contributed by atoms with Gasteiger partial charge in [0.25, 0.3) is 0 Å². The van der Waals surface area contributed by atoms with Gasteiger partial charge in [-0.1, -0.05) is 26.0 Å². The second-order valence-corrected chi connectivity index (χ2v) is 6.85. The van der Waals surface area contributed by atoms with Crippen LogP contribution in [0.2, 0.25) is 0 Å². The van der Waals surface area contributed by atoms with E-state index >= 15 is 0 Å². The van der Waals surface area contributed by atoms with E-state index in [0.717, 1.165) is 0 Å². The fourth-order valence-corrected chi connectivity index (χ4v) is 2.62. The Morgan fingerprint density at radius 3 is 2.45 bits per heavy atom. The van der Waals surface area contributed by atoms with Crippen molar-refractivity contribution in [1.82, 2.24) is 4.98 Å². The summed E-state index contributed by atoms with van der Waals surface area (Å²) in [5.74, 6) is -0.844. The summed E-state index contributed by atoms with van der Waals surface area (Å²) in [6, 6.07) is 7.53. The Hall–Kier alpha value is -3.10. The lowest BCUT2D eigenvalue weighted by atomic mass is 10.1. The highest BCUT2D eigenvalue weighted by Crippen LogP contribution is 2.25. The highest BCUT2D eigenvalue weighted by molar-refractivity contribution is 5.97. The molecule has 0 bridgehead atoms. The molecule has 0 aliphatic heterocycles. The first-order valence-electron chi connectivity index (χ1n) is 8.84. The number of nitrogens with two attached hydrogens (primary N) is 1. The van der Waals surface area contributed by atoms with Crippen molar-refractivity contribution in [2.45, 2.75) is 33.5 Å². The van der Waals surface area contributed by atoms with Crippen molar-refractivity contribution in [2.75, 3.05) is 11.5 Å². The smallest absolute Gasteiger partial charge is 0.422 e. The molecule has 0 spiro atoms. The monoisotopic (exact) mass is 409 g/mol. The summed E-state index contributed by atoms with van der Waals surface area (Å²) in [5, 5.41) is 0. The van der Waals surface area contributed by atoms with Crippen LogP contribution in [0.4, 0.5) is 19.0 Å². The highest BCUT2D eigenvalue weighted by atomic mass is 19.4. The fourth-order valence-electron chi connectivity index (χ4n) is 2.62. The molecule has 0 unspecified atom stereocenters. The Kier molecular flexibility index (Phi) is 6.84. The highest BCUT2D eigenvalue weighted by Gasteiger charge is 2.28. The molecule has 29 heavy (non-hydrogen) atoms. The van der Waals surface area contributed by atoms with E-state index in [4.69, 9.17) is 10.5 Å². The molecule has 0 atom stereocenters. The number of primary amides is 1. The first-order valence-corrected chi connectivity index (χ1v) is 8.84. The molecule has 0 saturated carbocycles. The Bertz CT molecular complexity index is 898. The van der Waals surface area contributed by atoms with Gasteiger partial charge in [-0.2, -0.15) is 13.2 Å². The minimum atomic E-state index is -4.43. The number of aryl methyl sites for hydroxylation is 1. The number of hydrogen-bond acceptors (Lipinski definition) is 4. The number of anilines is 1. The normalized spacial score (nSPS) is 11.4. The summed E-state index contributed by atoms with van der Waals surface area (Å²) >= 11 is 0. The molecule has 1 aromatic carbocycles. The number of rotatable bonds is 7. The standard InChI is InChI=1S/C20H22F3N3O3/c1-12(2)19(28)26(17-9-15(18(24)27)6-7-25-17)10-14-4-5-16(13(3)8-14)29-11-20(21,22)23/h4-9,12H,10-11H2,1-3H3,(H2,24,27). The van der Waals surface area contributed by atoms with E-state index < -0.39 is 18.7 Å². The lowest BCUT2D eigenvalue weighted by molar-refractivity contribution is -0.153. The maximum absolute atomic E-state index is 12.7. The molecule has 2 N–H and O–H groups in total. The quantitative estimate of drug-likeness (QED) is 0.757. The van der Waals surface area contributed by atoms with Crippen molar-refractivity contribution in [1.29, 1.82) is 0 Å². The maximum Gasteiger partial charge on any atom is 0.422 e. The van der Waals surface area contributed by atoms with Crippen molar-refractivity contribution < 1.29 is 27.5 Å². The number of benzene rings is 1. The van der Waals surface area contributed by atoms with E-state index in [9.17, 15) is 22.8 Å². The molecule has 156 valence electrons. The minimum Gasteiger partial charge on any atom is -0.484 e. The molecule has 9 heteroatoms. The number of halogens is 3. The lowest BCUT2D eigenvalue weighted by Crippen LogP contribution is -2.34. The van der Waals surface area contributed by atoms with Crippen LogP contribution >= 0.6 is 0 Å². The zero-order valence-electron chi connectivity index (χ0n) is 16.3. The van der Waals surface area contributed by atoms with E-state index in [1.165, 1.54) is 29.3 Å².